The number of hydrogen-bond donors (Lipinski definition) is 2. The van der Waals surface area contributed by atoms with Crippen molar-refractivity contribution in [1.29, 1.82) is 0 Å². The SMILES string of the molecule is COC(=O)c1c(NC(=O)COC(=O)c2ccc(N)cc2)sc2c1CCCCCC2. The minimum atomic E-state index is -0.619. The fraction of sp³-hybridized carbons (Fsp3) is 0.381. The highest BCUT2D eigenvalue weighted by molar-refractivity contribution is 7.17. The van der Waals surface area contributed by atoms with Gasteiger partial charge in [0.15, 0.2) is 6.61 Å². The van der Waals surface area contributed by atoms with Gasteiger partial charge in [-0.05, 0) is 55.5 Å². The first-order valence-corrected chi connectivity index (χ1v) is 10.4. The third-order valence-corrected chi connectivity index (χ3v) is 6.00. The second-order valence-corrected chi connectivity index (χ2v) is 7.97. The van der Waals surface area contributed by atoms with Gasteiger partial charge in [0.05, 0.1) is 18.2 Å². The summed E-state index contributed by atoms with van der Waals surface area (Å²) >= 11 is 1.40. The molecule has 0 spiro atoms. The van der Waals surface area contributed by atoms with E-state index in [1.807, 2.05) is 0 Å². The topological polar surface area (TPSA) is 108 Å². The highest BCUT2D eigenvalue weighted by atomic mass is 32.1. The highest BCUT2D eigenvalue weighted by Crippen LogP contribution is 2.37. The fourth-order valence-corrected chi connectivity index (χ4v) is 4.62. The number of hydrogen-bond acceptors (Lipinski definition) is 7. The van der Waals surface area contributed by atoms with E-state index in [0.717, 1.165) is 49.0 Å². The standard InChI is InChI=1S/C21H24N2O5S/c1-27-21(26)18-15-6-4-2-3-5-7-16(15)29-19(18)23-17(24)12-28-20(25)13-8-10-14(22)11-9-13/h8-11H,2-7,12,22H2,1H3,(H,23,24). The van der Waals surface area contributed by atoms with Gasteiger partial charge >= 0.3 is 11.9 Å². The number of nitrogens with two attached hydrogens (primary N) is 1. The Hall–Kier alpha value is -2.87. The Bertz CT molecular complexity index is 905. The van der Waals surface area contributed by atoms with Gasteiger partial charge in [-0.25, -0.2) is 9.59 Å². The van der Waals surface area contributed by atoms with Crippen molar-refractivity contribution in [3.63, 3.8) is 0 Å². The first-order chi connectivity index (χ1) is 14.0. The van der Waals surface area contributed by atoms with Crippen molar-refractivity contribution in [2.75, 3.05) is 24.8 Å². The molecule has 1 aliphatic carbocycles. The summed E-state index contributed by atoms with van der Waals surface area (Å²) in [5, 5.41) is 3.18. The van der Waals surface area contributed by atoms with Crippen LogP contribution >= 0.6 is 11.3 Å². The maximum atomic E-state index is 12.4. The Labute approximate surface area is 173 Å². The molecule has 2 aromatic rings. The molecular formula is C21H24N2O5S. The maximum Gasteiger partial charge on any atom is 0.341 e. The van der Waals surface area contributed by atoms with Gasteiger partial charge in [0.1, 0.15) is 5.00 Å². The number of methoxy groups -OCH3 is 1. The zero-order valence-electron chi connectivity index (χ0n) is 16.3. The molecule has 0 aliphatic heterocycles. The zero-order valence-corrected chi connectivity index (χ0v) is 17.1. The summed E-state index contributed by atoms with van der Waals surface area (Å²) in [5.74, 6) is -1.59. The van der Waals surface area contributed by atoms with Crippen LogP contribution in [0.1, 0.15) is 56.8 Å². The minimum Gasteiger partial charge on any atom is -0.465 e. The summed E-state index contributed by atoms with van der Waals surface area (Å²) in [6.07, 6.45) is 6.01. The molecule has 1 aromatic heterocycles. The van der Waals surface area contributed by atoms with E-state index >= 15 is 0 Å². The molecule has 0 saturated heterocycles. The summed E-state index contributed by atoms with van der Waals surface area (Å²) in [4.78, 5) is 37.9. The van der Waals surface area contributed by atoms with Gasteiger partial charge in [0, 0.05) is 10.6 Å². The number of anilines is 2. The van der Waals surface area contributed by atoms with Crippen molar-refractivity contribution in [2.24, 2.45) is 0 Å². The van der Waals surface area contributed by atoms with E-state index in [4.69, 9.17) is 15.2 Å². The molecule has 3 N–H and O–H groups in total. The number of carbonyl (C=O) groups is 3. The van der Waals surface area contributed by atoms with Crippen molar-refractivity contribution < 1.29 is 23.9 Å². The van der Waals surface area contributed by atoms with Crippen LogP contribution < -0.4 is 11.1 Å². The van der Waals surface area contributed by atoms with Crippen molar-refractivity contribution in [1.82, 2.24) is 0 Å². The number of amides is 1. The molecule has 0 unspecified atom stereocenters. The highest BCUT2D eigenvalue weighted by Gasteiger charge is 2.26. The number of benzene rings is 1. The van der Waals surface area contributed by atoms with Gasteiger partial charge in [0.25, 0.3) is 5.91 Å². The number of thiophene rings is 1. The van der Waals surface area contributed by atoms with Crippen LogP contribution in [0.3, 0.4) is 0 Å². The third kappa shape index (κ3) is 5.14. The maximum absolute atomic E-state index is 12.4. The largest absolute Gasteiger partial charge is 0.465 e. The molecule has 7 nitrogen and oxygen atoms in total. The van der Waals surface area contributed by atoms with Gasteiger partial charge < -0.3 is 20.5 Å². The van der Waals surface area contributed by atoms with E-state index in [0.29, 0.717) is 21.8 Å². The Balaban J connectivity index is 1.70. The number of esters is 2. The number of carbonyl (C=O) groups excluding carboxylic acids is 3. The first-order valence-electron chi connectivity index (χ1n) is 9.55. The lowest BCUT2D eigenvalue weighted by Crippen LogP contribution is -2.21. The van der Waals surface area contributed by atoms with E-state index in [2.05, 4.69) is 5.32 Å². The van der Waals surface area contributed by atoms with Crippen LogP contribution in [0.15, 0.2) is 24.3 Å². The van der Waals surface area contributed by atoms with Gasteiger partial charge in [-0.3, -0.25) is 4.79 Å². The van der Waals surface area contributed by atoms with Crippen LogP contribution in [0, 0.1) is 0 Å². The second-order valence-electron chi connectivity index (χ2n) is 6.86. The fourth-order valence-electron chi connectivity index (χ4n) is 3.32. The number of fused-ring (bicyclic) bond motifs is 1. The zero-order chi connectivity index (χ0) is 20.8. The lowest BCUT2D eigenvalue weighted by atomic mass is 9.96. The first kappa shape index (κ1) is 20.9. The van der Waals surface area contributed by atoms with Crippen LogP contribution in [0.25, 0.3) is 0 Å². The summed E-state index contributed by atoms with van der Waals surface area (Å²) in [6.45, 7) is -0.452. The molecule has 1 aliphatic rings. The monoisotopic (exact) mass is 416 g/mol. The Morgan fingerprint density at radius 1 is 1.03 bits per heavy atom. The molecule has 3 rings (SSSR count). The number of rotatable bonds is 5. The van der Waals surface area contributed by atoms with E-state index in [-0.39, 0.29) is 0 Å². The average molecular weight is 416 g/mol. The Kier molecular flexibility index (Phi) is 6.87. The molecule has 0 saturated carbocycles. The summed E-state index contributed by atoms with van der Waals surface area (Å²) in [7, 11) is 1.33. The summed E-state index contributed by atoms with van der Waals surface area (Å²) in [5.41, 5.74) is 7.82. The molecule has 154 valence electrons. The molecule has 1 amide bonds. The Morgan fingerprint density at radius 2 is 1.72 bits per heavy atom. The molecule has 0 radical (unpaired) electrons. The number of ether oxygens (including phenoxy) is 2. The van der Waals surface area contributed by atoms with E-state index < -0.39 is 24.5 Å². The Morgan fingerprint density at radius 3 is 2.41 bits per heavy atom. The number of aryl methyl sites for hydroxylation is 1. The van der Waals surface area contributed by atoms with Crippen LogP contribution in [0.4, 0.5) is 10.7 Å². The average Bonchev–Trinajstić information content (AvgIpc) is 3.02. The summed E-state index contributed by atoms with van der Waals surface area (Å²) in [6, 6.07) is 6.23. The van der Waals surface area contributed by atoms with Crippen LogP contribution in [-0.4, -0.2) is 31.6 Å². The predicted octanol–water partition coefficient (Wildman–Crippen LogP) is 3.57. The van der Waals surface area contributed by atoms with Crippen molar-refractivity contribution >= 4 is 39.9 Å². The number of nitrogens with one attached hydrogen (secondary N) is 1. The van der Waals surface area contributed by atoms with Gasteiger partial charge in [0.2, 0.25) is 0 Å². The number of nitrogen functional groups attached to an aromatic ring is 1. The smallest absolute Gasteiger partial charge is 0.341 e. The normalized spacial score (nSPS) is 13.6. The third-order valence-electron chi connectivity index (χ3n) is 4.79. The molecule has 29 heavy (non-hydrogen) atoms. The second kappa shape index (κ2) is 9.56. The molecule has 1 aromatic carbocycles. The van der Waals surface area contributed by atoms with Gasteiger partial charge in [-0.15, -0.1) is 11.3 Å². The molecule has 0 fully saturated rings. The lowest BCUT2D eigenvalue weighted by Gasteiger charge is -2.11. The van der Waals surface area contributed by atoms with Crippen LogP contribution in [0.2, 0.25) is 0 Å². The van der Waals surface area contributed by atoms with Crippen molar-refractivity contribution in [3.8, 4) is 0 Å². The summed E-state index contributed by atoms with van der Waals surface area (Å²) < 4.78 is 10.0. The molecular weight excluding hydrogens is 392 g/mol. The van der Waals surface area contributed by atoms with Gasteiger partial charge in [-0.1, -0.05) is 12.8 Å². The van der Waals surface area contributed by atoms with Crippen LogP contribution in [0.5, 0.6) is 0 Å². The van der Waals surface area contributed by atoms with Crippen LogP contribution in [-0.2, 0) is 27.1 Å². The van der Waals surface area contributed by atoms with E-state index in [9.17, 15) is 14.4 Å². The molecule has 0 bridgehead atoms. The van der Waals surface area contributed by atoms with Gasteiger partial charge in [-0.2, -0.15) is 0 Å². The van der Waals surface area contributed by atoms with Crippen molar-refractivity contribution in [2.45, 2.75) is 38.5 Å². The predicted molar refractivity (Wildman–Crippen MR) is 111 cm³/mol. The molecule has 8 heteroatoms. The quantitative estimate of drug-likeness (QED) is 0.570. The lowest BCUT2D eigenvalue weighted by molar-refractivity contribution is -0.119. The van der Waals surface area contributed by atoms with Crippen molar-refractivity contribution in [3.05, 3.63) is 45.8 Å². The van der Waals surface area contributed by atoms with E-state index in [1.54, 1.807) is 12.1 Å². The molecule has 1 heterocycles. The molecule has 0 atom stereocenters. The van der Waals surface area contributed by atoms with E-state index in [1.165, 1.54) is 30.6 Å². The minimum absolute atomic E-state index is 0.307.